The van der Waals surface area contributed by atoms with E-state index in [4.69, 9.17) is 5.73 Å². The van der Waals surface area contributed by atoms with Crippen LogP contribution in [0.5, 0.6) is 0 Å². The summed E-state index contributed by atoms with van der Waals surface area (Å²) in [6.07, 6.45) is 4.50. The summed E-state index contributed by atoms with van der Waals surface area (Å²) in [6.45, 7) is 5.49. The second-order valence-electron chi connectivity index (χ2n) is 4.52. The maximum absolute atomic E-state index is 5.69. The number of hydrogen-bond acceptors (Lipinski definition) is 2. The number of H-pyrrole nitrogens is 1. The quantitative estimate of drug-likeness (QED) is 0.793. The molecule has 1 aliphatic rings. The van der Waals surface area contributed by atoms with Crippen LogP contribution < -0.4 is 5.73 Å². The Hall–Kier alpha value is -0.800. The molecule has 0 aliphatic carbocycles. The summed E-state index contributed by atoms with van der Waals surface area (Å²) >= 11 is 0. The van der Waals surface area contributed by atoms with Crippen molar-refractivity contribution < 1.29 is 0 Å². The van der Waals surface area contributed by atoms with Crippen LogP contribution in [0, 0.1) is 5.92 Å². The Balaban J connectivity index is 1.90. The molecule has 1 fully saturated rings. The Morgan fingerprint density at radius 2 is 2.27 bits per heavy atom. The van der Waals surface area contributed by atoms with Gasteiger partial charge in [0.2, 0.25) is 0 Å². The third kappa shape index (κ3) is 2.41. The second-order valence-corrected chi connectivity index (χ2v) is 4.52. The first-order valence-corrected chi connectivity index (χ1v) is 5.88. The molecule has 1 aromatic rings. The molecule has 0 radical (unpaired) electrons. The lowest BCUT2D eigenvalue weighted by Gasteiger charge is -2.35. The van der Waals surface area contributed by atoms with E-state index in [2.05, 4.69) is 28.9 Å². The Labute approximate surface area is 91.7 Å². The van der Waals surface area contributed by atoms with Gasteiger partial charge in [0, 0.05) is 17.9 Å². The molecule has 0 saturated carbocycles. The van der Waals surface area contributed by atoms with Gasteiger partial charge in [0.05, 0.1) is 0 Å². The predicted molar refractivity (Wildman–Crippen MR) is 62.6 cm³/mol. The van der Waals surface area contributed by atoms with Crippen molar-refractivity contribution in [3.63, 3.8) is 0 Å². The molecule has 1 aromatic heterocycles. The molecule has 0 aromatic carbocycles. The van der Waals surface area contributed by atoms with E-state index >= 15 is 0 Å². The van der Waals surface area contributed by atoms with Gasteiger partial charge >= 0.3 is 0 Å². The van der Waals surface area contributed by atoms with Gasteiger partial charge in [0.25, 0.3) is 0 Å². The summed E-state index contributed by atoms with van der Waals surface area (Å²) in [6, 6.07) is 4.75. The van der Waals surface area contributed by atoms with Crippen molar-refractivity contribution in [3.05, 3.63) is 24.0 Å². The van der Waals surface area contributed by atoms with E-state index in [0.717, 1.165) is 12.5 Å². The Kier molecular flexibility index (Phi) is 3.44. The van der Waals surface area contributed by atoms with Crippen molar-refractivity contribution in [2.75, 3.05) is 19.6 Å². The fourth-order valence-corrected chi connectivity index (χ4v) is 2.38. The number of likely N-dealkylation sites (tertiary alicyclic amines) is 1. The fourth-order valence-electron chi connectivity index (χ4n) is 2.38. The summed E-state index contributed by atoms with van der Waals surface area (Å²) in [7, 11) is 0. The van der Waals surface area contributed by atoms with Crippen LogP contribution >= 0.6 is 0 Å². The van der Waals surface area contributed by atoms with Crippen LogP contribution in [0.2, 0.25) is 0 Å². The average Bonchev–Trinajstić information content (AvgIpc) is 2.82. The zero-order chi connectivity index (χ0) is 10.7. The first kappa shape index (κ1) is 10.7. The Morgan fingerprint density at radius 3 is 2.80 bits per heavy atom. The van der Waals surface area contributed by atoms with Crippen molar-refractivity contribution in [1.29, 1.82) is 0 Å². The van der Waals surface area contributed by atoms with Gasteiger partial charge in [0.1, 0.15) is 0 Å². The Morgan fingerprint density at radius 1 is 1.53 bits per heavy atom. The van der Waals surface area contributed by atoms with Crippen LogP contribution in [0.1, 0.15) is 31.5 Å². The van der Waals surface area contributed by atoms with E-state index in [1.807, 2.05) is 6.20 Å². The normalized spacial score (nSPS) is 21.7. The highest BCUT2D eigenvalue weighted by Crippen LogP contribution is 2.24. The van der Waals surface area contributed by atoms with Crippen LogP contribution in [0.3, 0.4) is 0 Å². The molecule has 0 unspecified atom stereocenters. The van der Waals surface area contributed by atoms with Crippen molar-refractivity contribution in [2.24, 2.45) is 11.7 Å². The molecular formula is C12H21N3. The van der Waals surface area contributed by atoms with E-state index in [0.29, 0.717) is 6.04 Å². The van der Waals surface area contributed by atoms with Crippen LogP contribution in [0.25, 0.3) is 0 Å². The predicted octanol–water partition coefficient (Wildman–Crippen LogP) is 1.75. The van der Waals surface area contributed by atoms with Gasteiger partial charge in [-0.15, -0.1) is 0 Å². The van der Waals surface area contributed by atoms with Gasteiger partial charge in [-0.05, 0) is 57.5 Å². The number of nitrogens with one attached hydrogen (secondary N) is 1. The molecule has 15 heavy (non-hydrogen) atoms. The van der Waals surface area contributed by atoms with Crippen molar-refractivity contribution >= 4 is 0 Å². The van der Waals surface area contributed by atoms with E-state index in [1.165, 1.54) is 31.6 Å². The van der Waals surface area contributed by atoms with E-state index in [1.54, 1.807) is 0 Å². The number of hydrogen-bond donors (Lipinski definition) is 2. The summed E-state index contributed by atoms with van der Waals surface area (Å²) in [5, 5.41) is 0. The highest BCUT2D eigenvalue weighted by molar-refractivity contribution is 5.08. The molecule has 2 rings (SSSR count). The smallest absolute Gasteiger partial charge is 0.0470 e. The van der Waals surface area contributed by atoms with Crippen molar-refractivity contribution in [3.8, 4) is 0 Å². The van der Waals surface area contributed by atoms with Gasteiger partial charge < -0.3 is 10.7 Å². The molecule has 0 spiro atoms. The van der Waals surface area contributed by atoms with Crippen LogP contribution in [-0.4, -0.2) is 29.5 Å². The second kappa shape index (κ2) is 4.81. The molecule has 2 heterocycles. The molecule has 0 amide bonds. The summed E-state index contributed by atoms with van der Waals surface area (Å²) in [4.78, 5) is 5.83. The SMILES string of the molecule is C[C@@H](c1ccc[nH]1)N1CCC(CN)CC1. The molecule has 1 atom stereocenters. The van der Waals surface area contributed by atoms with Crippen molar-refractivity contribution in [2.45, 2.75) is 25.8 Å². The molecule has 3 N–H and O–H groups in total. The number of aromatic amines is 1. The van der Waals surface area contributed by atoms with Gasteiger partial charge in [-0.1, -0.05) is 0 Å². The minimum atomic E-state index is 0.513. The molecule has 3 heteroatoms. The molecule has 1 aliphatic heterocycles. The largest absolute Gasteiger partial charge is 0.364 e. The van der Waals surface area contributed by atoms with Gasteiger partial charge in [-0.2, -0.15) is 0 Å². The lowest BCUT2D eigenvalue weighted by Crippen LogP contribution is -2.37. The number of nitrogens with two attached hydrogens (primary N) is 1. The third-order valence-corrected chi connectivity index (χ3v) is 3.60. The average molecular weight is 207 g/mol. The lowest BCUT2D eigenvalue weighted by atomic mass is 9.96. The minimum Gasteiger partial charge on any atom is -0.364 e. The first-order chi connectivity index (χ1) is 7.31. The number of aromatic nitrogens is 1. The minimum absolute atomic E-state index is 0.513. The maximum Gasteiger partial charge on any atom is 0.0470 e. The van der Waals surface area contributed by atoms with E-state index in [-0.39, 0.29) is 0 Å². The Bertz CT molecular complexity index is 273. The highest BCUT2D eigenvalue weighted by Gasteiger charge is 2.22. The van der Waals surface area contributed by atoms with E-state index < -0.39 is 0 Å². The third-order valence-electron chi connectivity index (χ3n) is 3.60. The van der Waals surface area contributed by atoms with Crippen molar-refractivity contribution in [1.82, 2.24) is 9.88 Å². The zero-order valence-corrected chi connectivity index (χ0v) is 9.45. The molecule has 1 saturated heterocycles. The first-order valence-electron chi connectivity index (χ1n) is 5.88. The van der Waals surface area contributed by atoms with Crippen LogP contribution in [-0.2, 0) is 0 Å². The molecule has 0 bridgehead atoms. The number of piperidine rings is 1. The molecular weight excluding hydrogens is 186 g/mol. The van der Waals surface area contributed by atoms with Gasteiger partial charge in [0.15, 0.2) is 0 Å². The maximum atomic E-state index is 5.69. The zero-order valence-electron chi connectivity index (χ0n) is 9.45. The molecule has 84 valence electrons. The van der Waals surface area contributed by atoms with E-state index in [9.17, 15) is 0 Å². The van der Waals surface area contributed by atoms with Gasteiger partial charge in [-0.25, -0.2) is 0 Å². The number of rotatable bonds is 3. The monoisotopic (exact) mass is 207 g/mol. The van der Waals surface area contributed by atoms with Crippen LogP contribution in [0.15, 0.2) is 18.3 Å². The molecule has 3 nitrogen and oxygen atoms in total. The topological polar surface area (TPSA) is 45.0 Å². The summed E-state index contributed by atoms with van der Waals surface area (Å²) in [5.41, 5.74) is 7.02. The summed E-state index contributed by atoms with van der Waals surface area (Å²) < 4.78 is 0. The van der Waals surface area contributed by atoms with Crippen LogP contribution in [0.4, 0.5) is 0 Å². The lowest BCUT2D eigenvalue weighted by molar-refractivity contribution is 0.141. The fraction of sp³-hybridized carbons (Fsp3) is 0.667. The summed E-state index contributed by atoms with van der Waals surface area (Å²) in [5.74, 6) is 0.747. The standard InChI is InChI=1S/C12H21N3/c1-10(12-3-2-6-14-12)15-7-4-11(9-13)5-8-15/h2-3,6,10-11,14H,4-5,7-9,13H2,1H3/t10-/m0/s1. The van der Waals surface area contributed by atoms with Gasteiger partial charge in [-0.3, -0.25) is 4.90 Å². The number of nitrogens with zero attached hydrogens (tertiary/aromatic N) is 1. The highest BCUT2D eigenvalue weighted by atomic mass is 15.2.